The SMILES string of the molecule is Cc1nn(CC(=O)NCC2CCCOC2)c(=O)n1-c1ccc2c(c1)OCO2. The average Bonchev–Trinajstić information content (AvgIpc) is 3.24. The Bertz CT molecular complexity index is 898. The maximum Gasteiger partial charge on any atom is 0.351 e. The molecule has 1 saturated heterocycles. The van der Waals surface area contributed by atoms with Crippen molar-refractivity contribution in [3.05, 3.63) is 34.5 Å². The third-order valence-corrected chi connectivity index (χ3v) is 4.75. The van der Waals surface area contributed by atoms with Gasteiger partial charge in [-0.15, -0.1) is 0 Å². The molecule has 2 aromatic rings. The molecule has 9 heteroatoms. The lowest BCUT2D eigenvalue weighted by molar-refractivity contribution is -0.122. The van der Waals surface area contributed by atoms with Crippen molar-refractivity contribution in [1.82, 2.24) is 19.7 Å². The monoisotopic (exact) mass is 374 g/mol. The highest BCUT2D eigenvalue weighted by molar-refractivity contribution is 5.75. The van der Waals surface area contributed by atoms with Crippen LogP contribution in [0, 0.1) is 12.8 Å². The Kier molecular flexibility index (Phi) is 4.85. The minimum absolute atomic E-state index is 0.120. The van der Waals surface area contributed by atoms with E-state index in [4.69, 9.17) is 14.2 Å². The van der Waals surface area contributed by atoms with Crippen LogP contribution < -0.4 is 20.5 Å². The highest BCUT2D eigenvalue weighted by Crippen LogP contribution is 2.33. The van der Waals surface area contributed by atoms with E-state index in [1.165, 1.54) is 9.25 Å². The smallest absolute Gasteiger partial charge is 0.351 e. The van der Waals surface area contributed by atoms with Crippen molar-refractivity contribution in [3.8, 4) is 17.2 Å². The summed E-state index contributed by atoms with van der Waals surface area (Å²) in [7, 11) is 0. The molecule has 2 aliphatic rings. The summed E-state index contributed by atoms with van der Waals surface area (Å²) in [5.74, 6) is 1.81. The van der Waals surface area contributed by atoms with Crippen molar-refractivity contribution < 1.29 is 19.0 Å². The lowest BCUT2D eigenvalue weighted by Crippen LogP contribution is -2.37. The molecule has 1 aromatic carbocycles. The third kappa shape index (κ3) is 3.68. The number of fused-ring (bicyclic) bond motifs is 1. The van der Waals surface area contributed by atoms with Gasteiger partial charge in [0.1, 0.15) is 12.4 Å². The van der Waals surface area contributed by atoms with E-state index in [2.05, 4.69) is 10.4 Å². The zero-order valence-corrected chi connectivity index (χ0v) is 15.1. The van der Waals surface area contributed by atoms with Crippen molar-refractivity contribution in [1.29, 1.82) is 0 Å². The molecule has 27 heavy (non-hydrogen) atoms. The van der Waals surface area contributed by atoms with Crippen LogP contribution in [-0.4, -0.2) is 46.8 Å². The summed E-state index contributed by atoms with van der Waals surface area (Å²) in [4.78, 5) is 24.9. The molecular formula is C18H22N4O5. The minimum atomic E-state index is -0.373. The Hall–Kier alpha value is -2.81. The number of ether oxygens (including phenoxy) is 3. The Morgan fingerprint density at radius 3 is 3.00 bits per heavy atom. The van der Waals surface area contributed by atoms with Crippen LogP contribution >= 0.6 is 0 Å². The van der Waals surface area contributed by atoms with Gasteiger partial charge in [-0.2, -0.15) is 5.10 Å². The van der Waals surface area contributed by atoms with E-state index in [9.17, 15) is 9.59 Å². The van der Waals surface area contributed by atoms with Gasteiger partial charge in [0.25, 0.3) is 0 Å². The third-order valence-electron chi connectivity index (χ3n) is 4.75. The predicted molar refractivity (Wildman–Crippen MR) is 95.2 cm³/mol. The van der Waals surface area contributed by atoms with Gasteiger partial charge in [-0.05, 0) is 37.8 Å². The Balaban J connectivity index is 1.46. The highest BCUT2D eigenvalue weighted by Gasteiger charge is 2.19. The number of hydrogen-bond acceptors (Lipinski definition) is 6. The van der Waals surface area contributed by atoms with Crippen molar-refractivity contribution in [2.24, 2.45) is 5.92 Å². The van der Waals surface area contributed by atoms with E-state index in [1.54, 1.807) is 25.1 Å². The van der Waals surface area contributed by atoms with Gasteiger partial charge in [-0.25, -0.2) is 14.0 Å². The maximum absolute atomic E-state index is 12.7. The highest BCUT2D eigenvalue weighted by atomic mass is 16.7. The molecule has 1 atom stereocenters. The Morgan fingerprint density at radius 1 is 1.33 bits per heavy atom. The number of aryl methyl sites for hydroxylation is 1. The number of nitrogens with one attached hydrogen (secondary N) is 1. The van der Waals surface area contributed by atoms with E-state index in [1.807, 2.05) is 0 Å². The summed E-state index contributed by atoms with van der Waals surface area (Å²) < 4.78 is 18.7. The number of amides is 1. The van der Waals surface area contributed by atoms with Crippen LogP contribution in [0.2, 0.25) is 0 Å². The fraction of sp³-hybridized carbons (Fsp3) is 0.500. The van der Waals surface area contributed by atoms with Crippen molar-refractivity contribution in [3.63, 3.8) is 0 Å². The van der Waals surface area contributed by atoms with Gasteiger partial charge >= 0.3 is 5.69 Å². The zero-order valence-electron chi connectivity index (χ0n) is 15.1. The van der Waals surface area contributed by atoms with Gasteiger partial charge in [-0.3, -0.25) is 4.79 Å². The molecule has 1 amide bonds. The number of hydrogen-bond donors (Lipinski definition) is 1. The molecule has 9 nitrogen and oxygen atoms in total. The first-order chi connectivity index (χ1) is 13.1. The number of nitrogens with zero attached hydrogens (tertiary/aromatic N) is 3. The topological polar surface area (TPSA) is 96.6 Å². The lowest BCUT2D eigenvalue weighted by Gasteiger charge is -2.22. The fourth-order valence-electron chi connectivity index (χ4n) is 3.36. The van der Waals surface area contributed by atoms with Gasteiger partial charge in [0.2, 0.25) is 12.7 Å². The molecule has 0 bridgehead atoms. The molecule has 4 rings (SSSR count). The molecule has 3 heterocycles. The quantitative estimate of drug-likeness (QED) is 0.824. The summed E-state index contributed by atoms with van der Waals surface area (Å²) >= 11 is 0. The summed E-state index contributed by atoms with van der Waals surface area (Å²) in [6, 6.07) is 5.24. The molecule has 1 aromatic heterocycles. The predicted octanol–water partition coefficient (Wildman–Crippen LogP) is 0.614. The number of aromatic nitrogens is 3. The molecule has 1 fully saturated rings. The van der Waals surface area contributed by atoms with Crippen LogP contribution in [0.1, 0.15) is 18.7 Å². The van der Waals surface area contributed by atoms with Gasteiger partial charge < -0.3 is 19.5 Å². The molecule has 1 N–H and O–H groups in total. The largest absolute Gasteiger partial charge is 0.454 e. The van der Waals surface area contributed by atoms with Crippen molar-refractivity contribution in [2.45, 2.75) is 26.3 Å². The number of rotatable bonds is 5. The van der Waals surface area contributed by atoms with E-state index >= 15 is 0 Å². The van der Waals surface area contributed by atoms with Crippen LogP contribution in [0.15, 0.2) is 23.0 Å². The maximum atomic E-state index is 12.7. The average molecular weight is 374 g/mol. The van der Waals surface area contributed by atoms with E-state index in [0.29, 0.717) is 42.1 Å². The Morgan fingerprint density at radius 2 is 2.19 bits per heavy atom. The first kappa shape index (κ1) is 17.6. The van der Waals surface area contributed by atoms with E-state index in [-0.39, 0.29) is 24.9 Å². The van der Waals surface area contributed by atoms with Gasteiger partial charge in [0.15, 0.2) is 11.5 Å². The molecule has 144 valence electrons. The standard InChI is InChI=1S/C18H22N4O5/c1-12-20-21(9-17(23)19-8-13-3-2-6-25-10-13)18(24)22(12)14-4-5-15-16(7-14)27-11-26-15/h4-5,7,13H,2-3,6,8-11H2,1H3,(H,19,23). The molecule has 0 aliphatic carbocycles. The zero-order chi connectivity index (χ0) is 18.8. The molecule has 0 radical (unpaired) electrons. The van der Waals surface area contributed by atoms with Gasteiger partial charge in [-0.1, -0.05) is 0 Å². The summed E-state index contributed by atoms with van der Waals surface area (Å²) in [5, 5.41) is 7.09. The second-order valence-corrected chi connectivity index (χ2v) is 6.75. The normalized spacial score (nSPS) is 18.5. The second kappa shape index (κ2) is 7.43. The van der Waals surface area contributed by atoms with E-state index < -0.39 is 0 Å². The van der Waals surface area contributed by atoms with Crippen LogP contribution in [0.25, 0.3) is 5.69 Å². The second-order valence-electron chi connectivity index (χ2n) is 6.75. The Labute approximate surface area is 155 Å². The first-order valence-corrected chi connectivity index (χ1v) is 9.03. The number of benzene rings is 1. The van der Waals surface area contributed by atoms with Crippen LogP contribution in [0.4, 0.5) is 0 Å². The number of carbonyl (C=O) groups excluding carboxylic acids is 1. The molecular weight excluding hydrogens is 352 g/mol. The van der Waals surface area contributed by atoms with Gasteiger partial charge in [0, 0.05) is 19.2 Å². The molecule has 0 spiro atoms. The number of carbonyl (C=O) groups is 1. The fourth-order valence-corrected chi connectivity index (χ4v) is 3.36. The van der Waals surface area contributed by atoms with Crippen LogP contribution in [0.3, 0.4) is 0 Å². The van der Waals surface area contributed by atoms with E-state index in [0.717, 1.165) is 19.4 Å². The summed E-state index contributed by atoms with van der Waals surface area (Å²) in [6.45, 7) is 3.77. The molecule has 2 aliphatic heterocycles. The molecule has 0 saturated carbocycles. The van der Waals surface area contributed by atoms with Crippen molar-refractivity contribution >= 4 is 5.91 Å². The van der Waals surface area contributed by atoms with Gasteiger partial charge in [0.05, 0.1) is 12.3 Å². The molecule has 1 unspecified atom stereocenters. The van der Waals surface area contributed by atoms with Crippen LogP contribution in [0.5, 0.6) is 11.5 Å². The first-order valence-electron chi connectivity index (χ1n) is 9.03. The van der Waals surface area contributed by atoms with Crippen LogP contribution in [-0.2, 0) is 16.1 Å². The lowest BCUT2D eigenvalue weighted by atomic mass is 10.0. The summed E-state index contributed by atoms with van der Waals surface area (Å²) in [5.41, 5.74) is 0.246. The summed E-state index contributed by atoms with van der Waals surface area (Å²) in [6.07, 6.45) is 2.05. The minimum Gasteiger partial charge on any atom is -0.454 e. The van der Waals surface area contributed by atoms with Crippen molar-refractivity contribution in [2.75, 3.05) is 26.6 Å².